The highest BCUT2D eigenvalue weighted by molar-refractivity contribution is 7.47. The number of esters is 1. The van der Waals surface area contributed by atoms with E-state index in [0.29, 0.717) is 6.42 Å². The number of nitrogens with two attached hydrogens (primary N) is 1. The van der Waals surface area contributed by atoms with E-state index >= 15 is 0 Å². The van der Waals surface area contributed by atoms with Crippen molar-refractivity contribution in [3.63, 3.8) is 0 Å². The van der Waals surface area contributed by atoms with Gasteiger partial charge in [0.25, 0.3) is 0 Å². The molecule has 0 bridgehead atoms. The monoisotopic (exact) mass is 730 g/mol. The molecule has 0 rings (SSSR count). The minimum atomic E-state index is -4.29. The Kier molecular flexibility index (Phi) is 38.1. The molecule has 0 aromatic heterocycles. The molecule has 0 aliphatic rings. The number of phosphoric ester groups is 1. The fourth-order valence-electron chi connectivity index (χ4n) is 5.84. The Morgan fingerprint density at radius 1 is 0.600 bits per heavy atom. The van der Waals surface area contributed by atoms with Gasteiger partial charge in [-0.15, -0.1) is 0 Å². The first-order valence-electron chi connectivity index (χ1n) is 20.9. The van der Waals surface area contributed by atoms with Gasteiger partial charge in [-0.05, 0) is 51.0 Å². The Morgan fingerprint density at radius 3 is 1.50 bits per heavy atom. The van der Waals surface area contributed by atoms with Crippen LogP contribution in [0.1, 0.15) is 200 Å². The van der Waals surface area contributed by atoms with Crippen LogP contribution in [0.15, 0.2) is 24.5 Å². The molecule has 0 radical (unpaired) electrons. The van der Waals surface area contributed by atoms with Crippen LogP contribution in [0, 0.1) is 0 Å². The molecule has 296 valence electrons. The van der Waals surface area contributed by atoms with Crippen LogP contribution in [-0.4, -0.2) is 43.3 Å². The molecule has 8 nitrogen and oxygen atoms in total. The number of phosphoric acid groups is 1. The molecular weight excluding hydrogens is 649 g/mol. The molecule has 0 aromatic rings. The summed E-state index contributed by atoms with van der Waals surface area (Å²) in [6.45, 7) is 4.24. The Balaban J connectivity index is 4.08. The number of hydrogen-bond donors (Lipinski definition) is 2. The van der Waals surface area contributed by atoms with Crippen molar-refractivity contribution in [2.24, 2.45) is 5.73 Å². The molecule has 1 unspecified atom stereocenters. The van der Waals surface area contributed by atoms with E-state index in [9.17, 15) is 14.3 Å². The summed E-state index contributed by atoms with van der Waals surface area (Å²) in [5.41, 5.74) is 5.36. The highest BCUT2D eigenvalue weighted by Gasteiger charge is 2.25. The molecule has 0 saturated carbocycles. The zero-order valence-corrected chi connectivity index (χ0v) is 33.5. The molecule has 0 saturated heterocycles. The smallest absolute Gasteiger partial charge is 0.472 e. The van der Waals surface area contributed by atoms with E-state index in [1.54, 1.807) is 6.26 Å². The zero-order chi connectivity index (χ0) is 36.6. The first kappa shape index (κ1) is 48.8. The van der Waals surface area contributed by atoms with Gasteiger partial charge < -0.3 is 20.1 Å². The second kappa shape index (κ2) is 39.0. The van der Waals surface area contributed by atoms with E-state index in [0.717, 1.165) is 32.1 Å². The van der Waals surface area contributed by atoms with Crippen molar-refractivity contribution in [3.8, 4) is 0 Å². The van der Waals surface area contributed by atoms with Gasteiger partial charge in [-0.1, -0.05) is 161 Å². The van der Waals surface area contributed by atoms with Crippen molar-refractivity contribution in [2.45, 2.75) is 206 Å². The van der Waals surface area contributed by atoms with Crippen LogP contribution >= 0.6 is 7.82 Å². The molecule has 0 aliphatic heterocycles. The number of ether oxygens (including phenoxy) is 2. The molecule has 50 heavy (non-hydrogen) atoms. The predicted octanol–water partition coefficient (Wildman–Crippen LogP) is 12.4. The molecule has 0 aromatic carbocycles. The number of rotatable bonds is 40. The standard InChI is InChI=1S/C41H80NO7P/c1-3-5-7-9-11-13-15-17-19-20-21-22-24-26-28-30-32-34-41(43)49-40(39-48-50(44,45)47-37-35-42)38-46-36-33-31-29-27-25-23-18-16-14-12-10-8-6-4-2/h13,15,33,36,40H,3-12,14,16-32,34-35,37-39,42H2,1-2H3,(H,44,45)/b15-13+,36-33+/t40-/m1/s1. The summed E-state index contributed by atoms with van der Waals surface area (Å²) in [5, 5.41) is 0. The summed E-state index contributed by atoms with van der Waals surface area (Å²) in [6.07, 6.45) is 42.8. The normalized spacial score (nSPS) is 13.7. The molecule has 2 atom stereocenters. The second-order valence-corrected chi connectivity index (χ2v) is 15.4. The molecule has 0 amide bonds. The lowest BCUT2D eigenvalue weighted by Crippen LogP contribution is -2.27. The largest absolute Gasteiger partial charge is 0.498 e. The lowest BCUT2D eigenvalue weighted by molar-refractivity contribution is -0.153. The van der Waals surface area contributed by atoms with Crippen LogP contribution in [0.4, 0.5) is 0 Å². The van der Waals surface area contributed by atoms with Gasteiger partial charge in [-0.2, -0.15) is 0 Å². The number of unbranched alkanes of at least 4 members (excludes halogenated alkanes) is 25. The fraction of sp³-hybridized carbons (Fsp3) is 0.878. The maximum atomic E-state index is 12.5. The minimum absolute atomic E-state index is 0.0346. The van der Waals surface area contributed by atoms with E-state index in [1.165, 1.54) is 148 Å². The maximum Gasteiger partial charge on any atom is 0.472 e. The average Bonchev–Trinajstić information content (AvgIpc) is 3.10. The first-order chi connectivity index (χ1) is 24.4. The van der Waals surface area contributed by atoms with Gasteiger partial charge in [-0.3, -0.25) is 13.8 Å². The highest BCUT2D eigenvalue weighted by atomic mass is 31.2. The third-order valence-corrected chi connectivity index (χ3v) is 9.92. The van der Waals surface area contributed by atoms with Gasteiger partial charge in [0.05, 0.1) is 19.5 Å². The predicted molar refractivity (Wildman–Crippen MR) is 210 cm³/mol. The maximum absolute atomic E-state index is 12.5. The second-order valence-electron chi connectivity index (χ2n) is 13.9. The SMILES string of the molecule is CCCCCC/C=C/CCCCCCCCCCCC(=O)O[C@H](CO/C=C/CCCCCCCCCCCCCC)COP(=O)(O)OCCN. The number of hydrogen-bond acceptors (Lipinski definition) is 7. The average molecular weight is 730 g/mol. The molecule has 0 heterocycles. The topological polar surface area (TPSA) is 117 Å². The molecule has 0 fully saturated rings. The van der Waals surface area contributed by atoms with Crippen LogP contribution in [0.3, 0.4) is 0 Å². The van der Waals surface area contributed by atoms with E-state index in [4.69, 9.17) is 24.3 Å². The molecule has 3 N–H and O–H groups in total. The van der Waals surface area contributed by atoms with Gasteiger partial charge >= 0.3 is 13.8 Å². The minimum Gasteiger partial charge on any atom is -0.498 e. The van der Waals surface area contributed by atoms with Crippen LogP contribution < -0.4 is 5.73 Å². The summed E-state index contributed by atoms with van der Waals surface area (Å²) >= 11 is 0. The Morgan fingerprint density at radius 2 is 1.02 bits per heavy atom. The van der Waals surface area contributed by atoms with Crippen LogP contribution in [-0.2, 0) is 27.9 Å². The van der Waals surface area contributed by atoms with Gasteiger partial charge in [-0.25, -0.2) is 4.57 Å². The third kappa shape index (κ3) is 38.1. The van der Waals surface area contributed by atoms with Gasteiger partial charge in [0, 0.05) is 13.0 Å². The summed E-state index contributed by atoms with van der Waals surface area (Å²) in [7, 11) is -4.29. The molecule has 0 spiro atoms. The molecular formula is C41H80NO7P. The van der Waals surface area contributed by atoms with Crippen molar-refractivity contribution < 1.29 is 32.8 Å². The van der Waals surface area contributed by atoms with Crippen LogP contribution in [0.2, 0.25) is 0 Å². The van der Waals surface area contributed by atoms with Crippen molar-refractivity contribution >= 4 is 13.8 Å². The van der Waals surface area contributed by atoms with Crippen molar-refractivity contribution in [3.05, 3.63) is 24.5 Å². The van der Waals surface area contributed by atoms with Crippen molar-refractivity contribution in [1.29, 1.82) is 0 Å². The van der Waals surface area contributed by atoms with E-state index in [2.05, 4.69) is 26.0 Å². The van der Waals surface area contributed by atoms with Gasteiger partial charge in [0.15, 0.2) is 6.10 Å². The molecule has 9 heteroatoms. The van der Waals surface area contributed by atoms with Crippen molar-refractivity contribution in [2.75, 3.05) is 26.4 Å². The first-order valence-corrected chi connectivity index (χ1v) is 22.4. The van der Waals surface area contributed by atoms with Gasteiger partial charge in [0.1, 0.15) is 6.61 Å². The summed E-state index contributed by atoms with van der Waals surface area (Å²) in [5.74, 6) is -0.353. The summed E-state index contributed by atoms with van der Waals surface area (Å²) in [6, 6.07) is 0. The lowest BCUT2D eigenvalue weighted by atomic mass is 10.0. The summed E-state index contributed by atoms with van der Waals surface area (Å²) in [4.78, 5) is 22.4. The fourth-order valence-corrected chi connectivity index (χ4v) is 6.60. The number of carbonyl (C=O) groups is 1. The molecule has 0 aliphatic carbocycles. The Labute approximate surface area is 308 Å². The zero-order valence-electron chi connectivity index (χ0n) is 32.6. The third-order valence-electron chi connectivity index (χ3n) is 8.94. The lowest BCUT2D eigenvalue weighted by Gasteiger charge is -2.19. The highest BCUT2D eigenvalue weighted by Crippen LogP contribution is 2.43. The van der Waals surface area contributed by atoms with Crippen LogP contribution in [0.25, 0.3) is 0 Å². The number of allylic oxidation sites excluding steroid dienone is 3. The van der Waals surface area contributed by atoms with E-state index in [-0.39, 0.29) is 32.3 Å². The summed E-state index contributed by atoms with van der Waals surface area (Å²) < 4.78 is 33.1. The quantitative estimate of drug-likeness (QED) is 0.0210. The number of carbonyl (C=O) groups excluding carboxylic acids is 1. The Hall–Kier alpha value is -1.18. The van der Waals surface area contributed by atoms with Gasteiger partial charge in [0.2, 0.25) is 0 Å². The van der Waals surface area contributed by atoms with Crippen molar-refractivity contribution in [1.82, 2.24) is 0 Å². The van der Waals surface area contributed by atoms with E-state index < -0.39 is 13.9 Å². The van der Waals surface area contributed by atoms with E-state index in [1.807, 2.05) is 6.08 Å². The van der Waals surface area contributed by atoms with Crippen LogP contribution in [0.5, 0.6) is 0 Å². The Bertz CT molecular complexity index is 823.